The van der Waals surface area contributed by atoms with Gasteiger partial charge in [-0.25, -0.2) is 4.98 Å². The summed E-state index contributed by atoms with van der Waals surface area (Å²) in [4.78, 5) is 4.11. The van der Waals surface area contributed by atoms with Gasteiger partial charge in [0.15, 0.2) is 5.82 Å². The van der Waals surface area contributed by atoms with Crippen molar-refractivity contribution < 1.29 is 0 Å². The van der Waals surface area contributed by atoms with Crippen molar-refractivity contribution in [3.05, 3.63) is 47.0 Å². The maximum absolute atomic E-state index is 6.00. The van der Waals surface area contributed by atoms with Gasteiger partial charge in [-0.3, -0.25) is 4.68 Å². The quantitative estimate of drug-likeness (QED) is 0.838. The Kier molecular flexibility index (Phi) is 2.70. The Morgan fingerprint density at radius 2 is 2.00 bits per heavy atom. The highest BCUT2D eigenvalue weighted by molar-refractivity contribution is 6.30. The summed E-state index contributed by atoms with van der Waals surface area (Å²) in [6, 6.07) is 7.06. The average Bonchev–Trinajstić information content (AvgIpc) is 2.65. The molecule has 0 fully saturated rings. The molecule has 1 aromatic heterocycles. The first kappa shape index (κ1) is 10.1. The standard InChI is InChI=1S/C10H11ClN4/c1-15-6-13-10(14-15)9(12)7-2-4-8(11)5-3-7/h2-6,9H,12H2,1H3/t9-/m1/s1. The lowest BCUT2D eigenvalue weighted by Gasteiger charge is -2.07. The molecule has 2 N–H and O–H groups in total. The molecule has 0 saturated carbocycles. The van der Waals surface area contributed by atoms with E-state index in [4.69, 9.17) is 17.3 Å². The van der Waals surface area contributed by atoms with Crippen LogP contribution in [0.2, 0.25) is 5.02 Å². The van der Waals surface area contributed by atoms with E-state index in [9.17, 15) is 0 Å². The number of hydrogen-bond donors (Lipinski definition) is 1. The Bertz CT molecular complexity index is 449. The summed E-state index contributed by atoms with van der Waals surface area (Å²) >= 11 is 5.79. The van der Waals surface area contributed by atoms with Crippen LogP contribution in [-0.2, 0) is 7.05 Å². The van der Waals surface area contributed by atoms with Crippen molar-refractivity contribution in [2.24, 2.45) is 12.8 Å². The van der Waals surface area contributed by atoms with Gasteiger partial charge in [0, 0.05) is 12.1 Å². The maximum atomic E-state index is 6.00. The monoisotopic (exact) mass is 222 g/mol. The van der Waals surface area contributed by atoms with Crippen molar-refractivity contribution in [1.82, 2.24) is 14.8 Å². The minimum absolute atomic E-state index is 0.302. The van der Waals surface area contributed by atoms with Crippen molar-refractivity contribution >= 4 is 11.6 Å². The van der Waals surface area contributed by atoms with E-state index in [1.807, 2.05) is 19.2 Å². The largest absolute Gasteiger partial charge is 0.318 e. The van der Waals surface area contributed by atoms with Gasteiger partial charge >= 0.3 is 0 Å². The fraction of sp³-hybridized carbons (Fsp3) is 0.200. The molecule has 4 nitrogen and oxygen atoms in total. The van der Waals surface area contributed by atoms with E-state index < -0.39 is 0 Å². The number of aryl methyl sites for hydroxylation is 1. The van der Waals surface area contributed by atoms with Crippen LogP contribution in [0.25, 0.3) is 0 Å². The third kappa shape index (κ3) is 2.16. The van der Waals surface area contributed by atoms with Crippen molar-refractivity contribution in [3.8, 4) is 0 Å². The van der Waals surface area contributed by atoms with Gasteiger partial charge in [-0.2, -0.15) is 5.10 Å². The second-order valence-corrected chi connectivity index (χ2v) is 3.74. The highest BCUT2D eigenvalue weighted by atomic mass is 35.5. The van der Waals surface area contributed by atoms with Gasteiger partial charge < -0.3 is 5.73 Å². The normalized spacial score (nSPS) is 12.7. The number of nitrogens with two attached hydrogens (primary N) is 1. The predicted octanol–water partition coefficient (Wildman–Crippen LogP) is 1.52. The second-order valence-electron chi connectivity index (χ2n) is 3.31. The molecular weight excluding hydrogens is 212 g/mol. The Labute approximate surface area is 92.7 Å². The number of nitrogens with zero attached hydrogens (tertiary/aromatic N) is 3. The minimum atomic E-state index is -0.302. The average molecular weight is 223 g/mol. The molecule has 0 aliphatic carbocycles. The van der Waals surface area contributed by atoms with E-state index in [1.165, 1.54) is 0 Å². The molecule has 0 amide bonds. The molecule has 0 unspecified atom stereocenters. The summed E-state index contributed by atoms with van der Waals surface area (Å²) in [5.74, 6) is 0.611. The summed E-state index contributed by atoms with van der Waals surface area (Å²) in [6.07, 6.45) is 1.63. The van der Waals surface area contributed by atoms with Crippen LogP contribution in [0.1, 0.15) is 17.4 Å². The highest BCUT2D eigenvalue weighted by Gasteiger charge is 2.12. The molecule has 1 heterocycles. The van der Waals surface area contributed by atoms with Gasteiger partial charge in [0.05, 0.1) is 6.04 Å². The lowest BCUT2D eigenvalue weighted by Crippen LogP contribution is -2.13. The first-order chi connectivity index (χ1) is 7.16. The van der Waals surface area contributed by atoms with Crippen LogP contribution in [0.5, 0.6) is 0 Å². The van der Waals surface area contributed by atoms with Crippen molar-refractivity contribution in [2.45, 2.75) is 6.04 Å². The first-order valence-electron chi connectivity index (χ1n) is 4.53. The van der Waals surface area contributed by atoms with Crippen LogP contribution in [-0.4, -0.2) is 14.8 Å². The van der Waals surface area contributed by atoms with E-state index >= 15 is 0 Å². The molecule has 5 heteroatoms. The van der Waals surface area contributed by atoms with E-state index in [0.29, 0.717) is 10.8 Å². The van der Waals surface area contributed by atoms with Gasteiger partial charge in [-0.1, -0.05) is 23.7 Å². The van der Waals surface area contributed by atoms with Crippen LogP contribution in [0, 0.1) is 0 Å². The smallest absolute Gasteiger partial charge is 0.171 e. The Balaban J connectivity index is 2.28. The summed E-state index contributed by atoms with van der Waals surface area (Å²) in [5.41, 5.74) is 6.95. The Morgan fingerprint density at radius 1 is 1.33 bits per heavy atom. The number of aromatic nitrogens is 3. The number of hydrogen-bond acceptors (Lipinski definition) is 3. The molecule has 0 radical (unpaired) electrons. The maximum Gasteiger partial charge on any atom is 0.171 e. The summed E-state index contributed by atoms with van der Waals surface area (Å²) in [6.45, 7) is 0. The van der Waals surface area contributed by atoms with Gasteiger partial charge in [-0.15, -0.1) is 0 Å². The topological polar surface area (TPSA) is 56.7 Å². The molecule has 1 atom stereocenters. The zero-order chi connectivity index (χ0) is 10.8. The highest BCUT2D eigenvalue weighted by Crippen LogP contribution is 2.18. The molecule has 0 spiro atoms. The lowest BCUT2D eigenvalue weighted by atomic mass is 10.1. The molecule has 2 rings (SSSR count). The molecule has 2 aromatic rings. The molecule has 0 saturated heterocycles. The van der Waals surface area contributed by atoms with Crippen LogP contribution in [0.3, 0.4) is 0 Å². The lowest BCUT2D eigenvalue weighted by molar-refractivity contribution is 0.713. The minimum Gasteiger partial charge on any atom is -0.318 e. The van der Waals surface area contributed by atoms with Gasteiger partial charge in [-0.05, 0) is 17.7 Å². The molecule has 0 bridgehead atoms. The molecule has 1 aromatic carbocycles. The van der Waals surface area contributed by atoms with E-state index in [-0.39, 0.29) is 6.04 Å². The van der Waals surface area contributed by atoms with Crippen molar-refractivity contribution in [2.75, 3.05) is 0 Å². The van der Waals surface area contributed by atoms with Crippen LogP contribution >= 0.6 is 11.6 Å². The van der Waals surface area contributed by atoms with E-state index in [2.05, 4.69) is 10.1 Å². The van der Waals surface area contributed by atoms with E-state index in [0.717, 1.165) is 5.56 Å². The van der Waals surface area contributed by atoms with Crippen molar-refractivity contribution in [3.63, 3.8) is 0 Å². The molecule has 0 aliphatic rings. The van der Waals surface area contributed by atoms with Gasteiger partial charge in [0.2, 0.25) is 0 Å². The van der Waals surface area contributed by atoms with Crippen molar-refractivity contribution in [1.29, 1.82) is 0 Å². The fourth-order valence-corrected chi connectivity index (χ4v) is 1.44. The zero-order valence-corrected chi connectivity index (χ0v) is 9.02. The number of benzene rings is 1. The SMILES string of the molecule is Cn1cnc([C@H](N)c2ccc(Cl)cc2)n1. The van der Waals surface area contributed by atoms with Crippen LogP contribution < -0.4 is 5.73 Å². The summed E-state index contributed by atoms with van der Waals surface area (Å²) in [5, 5.41) is 4.85. The van der Waals surface area contributed by atoms with Gasteiger partial charge in [0.25, 0.3) is 0 Å². The van der Waals surface area contributed by atoms with Crippen LogP contribution in [0.15, 0.2) is 30.6 Å². The van der Waals surface area contributed by atoms with Crippen LogP contribution in [0.4, 0.5) is 0 Å². The second kappa shape index (κ2) is 4.00. The first-order valence-corrected chi connectivity index (χ1v) is 4.91. The third-order valence-corrected chi connectivity index (χ3v) is 2.38. The molecule has 78 valence electrons. The number of halogens is 1. The molecular formula is C10H11ClN4. The zero-order valence-electron chi connectivity index (χ0n) is 8.26. The molecule has 15 heavy (non-hydrogen) atoms. The third-order valence-electron chi connectivity index (χ3n) is 2.12. The number of rotatable bonds is 2. The Hall–Kier alpha value is -1.39. The predicted molar refractivity (Wildman–Crippen MR) is 58.5 cm³/mol. The summed E-state index contributed by atoms with van der Waals surface area (Å²) < 4.78 is 1.63. The summed E-state index contributed by atoms with van der Waals surface area (Å²) in [7, 11) is 1.81. The van der Waals surface area contributed by atoms with Gasteiger partial charge in [0.1, 0.15) is 6.33 Å². The Morgan fingerprint density at radius 3 is 2.53 bits per heavy atom. The molecule has 0 aliphatic heterocycles. The fourth-order valence-electron chi connectivity index (χ4n) is 1.32. The van der Waals surface area contributed by atoms with E-state index in [1.54, 1.807) is 23.1 Å².